The largest absolute Gasteiger partial charge is 0.352 e. The second-order valence-corrected chi connectivity index (χ2v) is 6.39. The van der Waals surface area contributed by atoms with E-state index in [9.17, 15) is 10.1 Å². The molecule has 3 nitrogen and oxygen atoms in total. The van der Waals surface area contributed by atoms with Gasteiger partial charge in [0.15, 0.2) is 0 Å². The van der Waals surface area contributed by atoms with Crippen LogP contribution in [0.1, 0.15) is 29.8 Å². The van der Waals surface area contributed by atoms with Crippen LogP contribution in [0.3, 0.4) is 0 Å². The Kier molecular flexibility index (Phi) is 5.62. The van der Waals surface area contributed by atoms with Crippen LogP contribution in [0, 0.1) is 17.2 Å². The summed E-state index contributed by atoms with van der Waals surface area (Å²) >= 11 is 1.44. The molecule has 2 rings (SSSR count). The number of carbonyl (C=O) groups is 1. The molecule has 1 amide bonds. The van der Waals surface area contributed by atoms with Crippen LogP contribution in [0.4, 0.5) is 0 Å². The van der Waals surface area contributed by atoms with Gasteiger partial charge >= 0.3 is 0 Å². The first-order chi connectivity index (χ1) is 10.6. The van der Waals surface area contributed by atoms with Crippen molar-refractivity contribution in [1.82, 2.24) is 5.32 Å². The molecular formula is C18H18N2OS. The highest BCUT2D eigenvalue weighted by atomic mass is 32.2. The van der Waals surface area contributed by atoms with Gasteiger partial charge in [0.1, 0.15) is 6.07 Å². The van der Waals surface area contributed by atoms with E-state index in [0.717, 1.165) is 9.79 Å². The zero-order valence-electron chi connectivity index (χ0n) is 12.7. The predicted octanol–water partition coefficient (Wildman–Crippen LogP) is 4.10. The number of hydrogen-bond donors (Lipinski definition) is 1. The van der Waals surface area contributed by atoms with Crippen LogP contribution >= 0.6 is 11.8 Å². The van der Waals surface area contributed by atoms with E-state index in [1.165, 1.54) is 11.8 Å². The summed E-state index contributed by atoms with van der Waals surface area (Å²) in [7, 11) is 0. The molecule has 4 heteroatoms. The van der Waals surface area contributed by atoms with Crippen molar-refractivity contribution in [1.29, 1.82) is 5.26 Å². The summed E-state index contributed by atoms with van der Waals surface area (Å²) in [4.78, 5) is 14.0. The van der Waals surface area contributed by atoms with Crippen molar-refractivity contribution in [3.63, 3.8) is 0 Å². The van der Waals surface area contributed by atoms with E-state index >= 15 is 0 Å². The first kappa shape index (κ1) is 16.1. The fourth-order valence-electron chi connectivity index (χ4n) is 1.90. The Morgan fingerprint density at radius 3 is 2.45 bits per heavy atom. The van der Waals surface area contributed by atoms with Gasteiger partial charge in [-0.1, -0.05) is 49.9 Å². The summed E-state index contributed by atoms with van der Waals surface area (Å²) in [5.41, 5.74) is 1.26. The van der Waals surface area contributed by atoms with E-state index < -0.39 is 0 Å². The minimum absolute atomic E-state index is 0.0776. The lowest BCUT2D eigenvalue weighted by Crippen LogP contribution is -2.27. The highest BCUT2D eigenvalue weighted by Gasteiger charge is 2.13. The molecule has 0 aliphatic rings. The van der Waals surface area contributed by atoms with Gasteiger partial charge in [0.25, 0.3) is 5.91 Å². The fourth-order valence-corrected chi connectivity index (χ4v) is 2.93. The van der Waals surface area contributed by atoms with Gasteiger partial charge in [-0.25, -0.2) is 0 Å². The average molecular weight is 310 g/mol. The first-order valence-corrected chi connectivity index (χ1v) is 7.97. The van der Waals surface area contributed by atoms with Crippen LogP contribution < -0.4 is 5.32 Å². The number of hydrogen-bond acceptors (Lipinski definition) is 3. The van der Waals surface area contributed by atoms with Crippen LogP contribution in [0.25, 0.3) is 0 Å². The minimum Gasteiger partial charge on any atom is -0.352 e. The molecule has 2 aromatic rings. The monoisotopic (exact) mass is 310 g/mol. The van der Waals surface area contributed by atoms with Gasteiger partial charge < -0.3 is 5.32 Å². The number of rotatable bonds is 5. The van der Waals surface area contributed by atoms with Gasteiger partial charge in [0, 0.05) is 16.3 Å². The molecular weight excluding hydrogens is 292 g/mol. The molecule has 0 bridgehead atoms. The summed E-state index contributed by atoms with van der Waals surface area (Å²) in [6.45, 7) is 4.76. The summed E-state index contributed by atoms with van der Waals surface area (Å²) in [6.07, 6.45) is 0. The zero-order chi connectivity index (χ0) is 15.9. The molecule has 0 aromatic heterocycles. The summed E-state index contributed by atoms with van der Waals surface area (Å²) in [5, 5.41) is 12.1. The first-order valence-electron chi connectivity index (χ1n) is 7.16. The molecule has 0 atom stereocenters. The van der Waals surface area contributed by atoms with E-state index in [4.69, 9.17) is 0 Å². The van der Waals surface area contributed by atoms with Gasteiger partial charge in [0.05, 0.1) is 11.1 Å². The van der Waals surface area contributed by atoms with E-state index in [0.29, 0.717) is 23.6 Å². The second kappa shape index (κ2) is 7.67. The Morgan fingerprint density at radius 2 is 1.77 bits per heavy atom. The number of benzene rings is 2. The maximum absolute atomic E-state index is 12.3. The Hall–Kier alpha value is -2.25. The molecule has 0 aliphatic heterocycles. The summed E-state index contributed by atoms with van der Waals surface area (Å²) in [5.74, 6) is 0.328. The molecule has 0 radical (unpaired) electrons. The van der Waals surface area contributed by atoms with Crippen molar-refractivity contribution in [3.05, 3.63) is 59.7 Å². The van der Waals surface area contributed by atoms with Crippen molar-refractivity contribution in [3.8, 4) is 6.07 Å². The van der Waals surface area contributed by atoms with E-state index in [1.54, 1.807) is 6.07 Å². The van der Waals surface area contributed by atoms with Gasteiger partial charge in [0.2, 0.25) is 0 Å². The van der Waals surface area contributed by atoms with E-state index in [1.807, 2.05) is 42.5 Å². The number of amides is 1. The van der Waals surface area contributed by atoms with Crippen molar-refractivity contribution >= 4 is 17.7 Å². The molecule has 0 aliphatic carbocycles. The average Bonchev–Trinajstić information content (AvgIpc) is 2.53. The normalized spacial score (nSPS) is 10.3. The summed E-state index contributed by atoms with van der Waals surface area (Å²) in [6, 6.07) is 17.1. The topological polar surface area (TPSA) is 52.9 Å². The Bertz CT molecular complexity index is 704. The molecule has 0 saturated heterocycles. The number of nitrogens with zero attached hydrogens (tertiary/aromatic N) is 1. The second-order valence-electron chi connectivity index (χ2n) is 5.31. The van der Waals surface area contributed by atoms with E-state index in [2.05, 4.69) is 25.2 Å². The smallest absolute Gasteiger partial charge is 0.252 e. The lowest BCUT2D eigenvalue weighted by atomic mass is 10.2. The van der Waals surface area contributed by atoms with Crippen LogP contribution in [-0.2, 0) is 0 Å². The molecule has 112 valence electrons. The standard InChI is InChI=1S/C18H18N2OS/c1-13(2)12-20-18(21)15-8-4-6-10-17(15)22-16-9-5-3-7-14(16)11-19/h3-10,13H,12H2,1-2H3,(H,20,21). The van der Waals surface area contributed by atoms with Crippen molar-refractivity contribution < 1.29 is 4.79 Å². The minimum atomic E-state index is -0.0776. The van der Waals surface area contributed by atoms with Gasteiger partial charge in [-0.2, -0.15) is 5.26 Å². The molecule has 0 unspecified atom stereocenters. The van der Waals surface area contributed by atoms with Crippen molar-refractivity contribution in [2.24, 2.45) is 5.92 Å². The van der Waals surface area contributed by atoms with Gasteiger partial charge in [-0.05, 0) is 30.2 Å². The third-order valence-corrected chi connectivity index (χ3v) is 4.18. The van der Waals surface area contributed by atoms with Crippen LogP contribution in [-0.4, -0.2) is 12.5 Å². The highest BCUT2D eigenvalue weighted by molar-refractivity contribution is 7.99. The van der Waals surface area contributed by atoms with Crippen molar-refractivity contribution in [2.75, 3.05) is 6.54 Å². The predicted molar refractivity (Wildman–Crippen MR) is 88.9 cm³/mol. The van der Waals surface area contributed by atoms with Crippen LogP contribution in [0.5, 0.6) is 0 Å². The quantitative estimate of drug-likeness (QED) is 0.904. The van der Waals surface area contributed by atoms with Gasteiger partial charge in [-0.15, -0.1) is 0 Å². The van der Waals surface area contributed by atoms with Crippen LogP contribution in [0.15, 0.2) is 58.3 Å². The fraction of sp³-hybridized carbons (Fsp3) is 0.222. The highest BCUT2D eigenvalue weighted by Crippen LogP contribution is 2.32. The third kappa shape index (κ3) is 4.12. The molecule has 1 N–H and O–H groups in total. The molecule has 0 fully saturated rings. The SMILES string of the molecule is CC(C)CNC(=O)c1ccccc1Sc1ccccc1C#N. The van der Waals surface area contributed by atoms with E-state index in [-0.39, 0.29) is 5.91 Å². The zero-order valence-corrected chi connectivity index (χ0v) is 13.5. The lowest BCUT2D eigenvalue weighted by molar-refractivity contribution is 0.0946. The Labute approximate surface area is 135 Å². The Morgan fingerprint density at radius 1 is 1.14 bits per heavy atom. The maximum atomic E-state index is 12.3. The number of nitriles is 1. The lowest BCUT2D eigenvalue weighted by Gasteiger charge is -2.11. The maximum Gasteiger partial charge on any atom is 0.252 e. The molecule has 2 aromatic carbocycles. The third-order valence-electron chi connectivity index (χ3n) is 3.03. The molecule has 22 heavy (non-hydrogen) atoms. The molecule has 0 spiro atoms. The molecule has 0 heterocycles. The molecule has 0 saturated carbocycles. The van der Waals surface area contributed by atoms with Crippen molar-refractivity contribution in [2.45, 2.75) is 23.6 Å². The van der Waals surface area contributed by atoms with Gasteiger partial charge in [-0.3, -0.25) is 4.79 Å². The number of nitrogens with one attached hydrogen (secondary N) is 1. The summed E-state index contributed by atoms with van der Waals surface area (Å²) < 4.78 is 0. The Balaban J connectivity index is 2.25. The van der Waals surface area contributed by atoms with Crippen LogP contribution in [0.2, 0.25) is 0 Å². The number of carbonyl (C=O) groups excluding carboxylic acids is 1.